The highest BCUT2D eigenvalue weighted by atomic mass is 16.5. The van der Waals surface area contributed by atoms with Gasteiger partial charge >= 0.3 is 0 Å². The number of nitrogens with one attached hydrogen (secondary N) is 1. The van der Waals surface area contributed by atoms with Gasteiger partial charge in [-0.2, -0.15) is 0 Å². The first kappa shape index (κ1) is 8.52. The molecule has 0 radical (unpaired) electrons. The molecule has 2 aliphatic heterocycles. The van der Waals surface area contributed by atoms with Gasteiger partial charge in [0.1, 0.15) is 0 Å². The molecule has 2 nitrogen and oxygen atoms in total. The average molecular weight is 169 g/mol. The fraction of sp³-hybridized carbons (Fsp3) is 1.00. The largest absolute Gasteiger partial charge is 0.380 e. The molecule has 0 aromatic rings. The van der Waals surface area contributed by atoms with Crippen LogP contribution in [-0.4, -0.2) is 24.8 Å². The Morgan fingerprint density at radius 3 is 2.67 bits per heavy atom. The minimum atomic E-state index is 0.330. The van der Waals surface area contributed by atoms with Crippen LogP contribution in [0.25, 0.3) is 0 Å². The standard InChI is InChI=1S/C10H19NO/c1-7-4-9-6-10(5-7,11-9)8(2)12-3/h7-9,11H,4-6H2,1-3H3/t7?,8?,9-,10+/m0/s1. The van der Waals surface area contributed by atoms with Crippen molar-refractivity contribution < 1.29 is 4.74 Å². The first-order valence-corrected chi connectivity index (χ1v) is 4.97. The van der Waals surface area contributed by atoms with E-state index in [1.807, 2.05) is 7.11 Å². The summed E-state index contributed by atoms with van der Waals surface area (Å²) in [5.41, 5.74) is 0.330. The van der Waals surface area contributed by atoms with Crippen molar-refractivity contribution in [3.8, 4) is 0 Å². The van der Waals surface area contributed by atoms with Gasteiger partial charge in [-0.1, -0.05) is 6.92 Å². The molecule has 3 fully saturated rings. The Kier molecular flexibility index (Phi) is 1.92. The molecular formula is C10H19NO. The summed E-state index contributed by atoms with van der Waals surface area (Å²) in [6.45, 7) is 4.53. The van der Waals surface area contributed by atoms with E-state index in [4.69, 9.17) is 4.74 Å². The molecule has 0 amide bonds. The van der Waals surface area contributed by atoms with Gasteiger partial charge < -0.3 is 10.1 Å². The van der Waals surface area contributed by atoms with Gasteiger partial charge in [0, 0.05) is 18.7 Å². The number of hydrogen-bond donors (Lipinski definition) is 1. The van der Waals surface area contributed by atoms with Gasteiger partial charge in [-0.3, -0.25) is 0 Å². The SMILES string of the molecule is COC(C)[C@@]12CC(C)C[C@@H](C1)N2. The summed E-state index contributed by atoms with van der Waals surface area (Å²) in [7, 11) is 1.81. The average Bonchev–Trinajstić information content (AvgIpc) is 2.00. The number of ether oxygens (including phenoxy) is 1. The lowest BCUT2D eigenvalue weighted by atomic mass is 9.64. The van der Waals surface area contributed by atoms with Crippen LogP contribution in [-0.2, 0) is 4.74 Å². The molecule has 2 heteroatoms. The van der Waals surface area contributed by atoms with Crippen LogP contribution in [0, 0.1) is 5.92 Å². The molecule has 70 valence electrons. The number of hydrogen-bond acceptors (Lipinski definition) is 2. The Morgan fingerprint density at radius 2 is 2.17 bits per heavy atom. The Bertz CT molecular complexity index is 175. The number of methoxy groups -OCH3 is 1. The molecule has 0 aromatic heterocycles. The minimum absolute atomic E-state index is 0.330. The molecule has 0 aromatic carbocycles. The van der Waals surface area contributed by atoms with E-state index in [9.17, 15) is 0 Å². The molecular weight excluding hydrogens is 150 g/mol. The second-order valence-electron chi connectivity index (χ2n) is 4.62. The van der Waals surface area contributed by atoms with E-state index in [0.29, 0.717) is 11.6 Å². The van der Waals surface area contributed by atoms with Gasteiger partial charge in [0.05, 0.1) is 6.10 Å². The Balaban J connectivity index is 2.03. The smallest absolute Gasteiger partial charge is 0.0725 e. The molecule has 2 bridgehead atoms. The summed E-state index contributed by atoms with van der Waals surface area (Å²) >= 11 is 0. The zero-order chi connectivity index (χ0) is 8.77. The third-order valence-corrected chi connectivity index (χ3v) is 3.63. The van der Waals surface area contributed by atoms with Crippen LogP contribution >= 0.6 is 0 Å². The van der Waals surface area contributed by atoms with Crippen LogP contribution in [0.5, 0.6) is 0 Å². The van der Waals surface area contributed by atoms with Crippen LogP contribution < -0.4 is 5.32 Å². The van der Waals surface area contributed by atoms with E-state index in [1.165, 1.54) is 19.3 Å². The highest BCUT2D eigenvalue weighted by Gasteiger charge is 2.52. The molecule has 2 saturated heterocycles. The van der Waals surface area contributed by atoms with Crippen molar-refractivity contribution in [3.63, 3.8) is 0 Å². The van der Waals surface area contributed by atoms with Crippen LogP contribution in [0.1, 0.15) is 33.1 Å². The van der Waals surface area contributed by atoms with Crippen molar-refractivity contribution in [2.24, 2.45) is 5.92 Å². The summed E-state index contributed by atoms with van der Waals surface area (Å²) in [5, 5.41) is 3.65. The van der Waals surface area contributed by atoms with Crippen molar-refractivity contribution in [2.75, 3.05) is 7.11 Å². The maximum atomic E-state index is 5.42. The lowest BCUT2D eigenvalue weighted by Gasteiger charge is -2.58. The van der Waals surface area contributed by atoms with Crippen molar-refractivity contribution in [2.45, 2.75) is 50.8 Å². The summed E-state index contributed by atoms with van der Waals surface area (Å²) in [6, 6.07) is 0.784. The Hall–Kier alpha value is -0.0800. The molecule has 4 atom stereocenters. The summed E-state index contributed by atoms with van der Waals surface area (Å²) < 4.78 is 5.42. The molecule has 2 heterocycles. The van der Waals surface area contributed by atoms with E-state index in [1.54, 1.807) is 0 Å². The highest BCUT2D eigenvalue weighted by Crippen LogP contribution is 2.43. The molecule has 1 aliphatic carbocycles. The zero-order valence-corrected chi connectivity index (χ0v) is 8.26. The molecule has 0 spiro atoms. The van der Waals surface area contributed by atoms with E-state index < -0.39 is 0 Å². The van der Waals surface area contributed by atoms with Gasteiger partial charge in [-0.05, 0) is 32.1 Å². The van der Waals surface area contributed by atoms with E-state index in [-0.39, 0.29) is 0 Å². The molecule has 1 saturated carbocycles. The maximum absolute atomic E-state index is 5.42. The first-order valence-electron chi connectivity index (χ1n) is 4.97. The van der Waals surface area contributed by atoms with Crippen LogP contribution in [0.4, 0.5) is 0 Å². The summed E-state index contributed by atoms with van der Waals surface area (Å²) in [4.78, 5) is 0. The van der Waals surface area contributed by atoms with Crippen molar-refractivity contribution >= 4 is 0 Å². The van der Waals surface area contributed by atoms with Gasteiger partial charge in [-0.15, -0.1) is 0 Å². The lowest BCUT2D eigenvalue weighted by Crippen LogP contribution is -2.72. The predicted octanol–water partition coefficient (Wildman–Crippen LogP) is 1.55. The second kappa shape index (κ2) is 2.71. The highest BCUT2D eigenvalue weighted by molar-refractivity contribution is 5.11. The molecule has 3 aliphatic rings. The predicted molar refractivity (Wildman–Crippen MR) is 49.1 cm³/mol. The van der Waals surface area contributed by atoms with Gasteiger partial charge in [0.2, 0.25) is 0 Å². The third kappa shape index (κ3) is 1.09. The summed E-state index contributed by atoms with van der Waals surface area (Å²) in [5.74, 6) is 0.877. The zero-order valence-electron chi connectivity index (χ0n) is 8.26. The number of fused-ring (bicyclic) bond motifs is 2. The van der Waals surface area contributed by atoms with Crippen molar-refractivity contribution in [3.05, 3.63) is 0 Å². The fourth-order valence-corrected chi connectivity index (χ4v) is 2.98. The number of piperidine rings is 1. The van der Waals surface area contributed by atoms with Crippen molar-refractivity contribution in [1.29, 1.82) is 0 Å². The third-order valence-electron chi connectivity index (χ3n) is 3.63. The monoisotopic (exact) mass is 169 g/mol. The van der Waals surface area contributed by atoms with Gasteiger partial charge in [-0.25, -0.2) is 0 Å². The van der Waals surface area contributed by atoms with Crippen LogP contribution in [0.3, 0.4) is 0 Å². The molecule has 12 heavy (non-hydrogen) atoms. The van der Waals surface area contributed by atoms with E-state index in [2.05, 4.69) is 19.2 Å². The van der Waals surface area contributed by atoms with E-state index >= 15 is 0 Å². The molecule has 3 rings (SSSR count). The summed E-state index contributed by atoms with van der Waals surface area (Å²) in [6.07, 6.45) is 4.35. The first-order chi connectivity index (χ1) is 5.66. The fourth-order valence-electron chi connectivity index (χ4n) is 2.98. The molecule has 2 unspecified atom stereocenters. The number of rotatable bonds is 2. The Morgan fingerprint density at radius 1 is 1.50 bits per heavy atom. The van der Waals surface area contributed by atoms with Crippen molar-refractivity contribution in [1.82, 2.24) is 5.32 Å². The Labute approximate surface area is 74.7 Å². The maximum Gasteiger partial charge on any atom is 0.0725 e. The normalized spacial score (nSPS) is 48.2. The van der Waals surface area contributed by atoms with Gasteiger partial charge in [0.15, 0.2) is 0 Å². The van der Waals surface area contributed by atoms with Gasteiger partial charge in [0.25, 0.3) is 0 Å². The van der Waals surface area contributed by atoms with E-state index in [0.717, 1.165) is 12.0 Å². The second-order valence-corrected chi connectivity index (χ2v) is 4.62. The minimum Gasteiger partial charge on any atom is -0.380 e. The topological polar surface area (TPSA) is 21.3 Å². The quantitative estimate of drug-likeness (QED) is 0.677. The van der Waals surface area contributed by atoms with Crippen LogP contribution in [0.2, 0.25) is 0 Å². The van der Waals surface area contributed by atoms with Crippen LogP contribution in [0.15, 0.2) is 0 Å². The lowest BCUT2D eigenvalue weighted by molar-refractivity contribution is -0.0700. The molecule has 1 N–H and O–H groups in total.